The lowest BCUT2D eigenvalue weighted by atomic mass is 10.1. The summed E-state index contributed by atoms with van der Waals surface area (Å²) in [4.78, 5) is 0. The summed E-state index contributed by atoms with van der Waals surface area (Å²) < 4.78 is 19.9. The predicted octanol–water partition coefficient (Wildman–Crippen LogP) is 6.34. The van der Waals surface area contributed by atoms with Crippen LogP contribution in [0.1, 0.15) is 23.6 Å². The third kappa shape index (κ3) is 5.09. The highest BCUT2D eigenvalue weighted by atomic mass is 79.9. The molecule has 3 aromatic carbocycles. The van der Waals surface area contributed by atoms with Crippen LogP contribution in [-0.2, 0) is 19.6 Å². The van der Waals surface area contributed by atoms with E-state index in [9.17, 15) is 4.39 Å². The largest absolute Gasteiger partial charge is 0.488 e. The zero-order valence-electron chi connectivity index (χ0n) is 14.6. The van der Waals surface area contributed by atoms with E-state index in [1.165, 1.54) is 17.7 Å². The van der Waals surface area contributed by atoms with Crippen LogP contribution in [0.3, 0.4) is 0 Å². The van der Waals surface area contributed by atoms with Crippen LogP contribution in [0.5, 0.6) is 5.75 Å². The summed E-state index contributed by atoms with van der Waals surface area (Å²) in [6.07, 6.45) is 1.05. The van der Waals surface area contributed by atoms with E-state index in [1.54, 1.807) is 6.07 Å². The Morgan fingerprint density at radius 3 is 2.38 bits per heavy atom. The summed E-state index contributed by atoms with van der Waals surface area (Å²) in [5.74, 6) is 0.490. The molecule has 134 valence electrons. The Hall–Kier alpha value is -2.33. The Balaban J connectivity index is 1.58. The molecule has 0 aliphatic heterocycles. The van der Waals surface area contributed by atoms with E-state index < -0.39 is 0 Å². The number of ether oxygens (including phenoxy) is 1. The minimum Gasteiger partial charge on any atom is -0.488 e. The zero-order valence-corrected chi connectivity index (χ0v) is 16.2. The van der Waals surface area contributed by atoms with Crippen LogP contribution in [0.25, 0.3) is 0 Å². The van der Waals surface area contributed by atoms with Crippen LogP contribution in [0, 0.1) is 5.82 Å². The molecule has 0 aliphatic rings. The van der Waals surface area contributed by atoms with Gasteiger partial charge in [-0.1, -0.05) is 37.3 Å². The summed E-state index contributed by atoms with van der Waals surface area (Å²) in [6, 6.07) is 20.9. The van der Waals surface area contributed by atoms with Gasteiger partial charge in [0.25, 0.3) is 0 Å². The molecule has 0 spiro atoms. The molecule has 0 heterocycles. The van der Waals surface area contributed by atoms with Gasteiger partial charge in [-0.05, 0) is 75.4 Å². The second-order valence-electron chi connectivity index (χ2n) is 6.09. The second-order valence-corrected chi connectivity index (χ2v) is 6.94. The van der Waals surface area contributed by atoms with Gasteiger partial charge < -0.3 is 10.1 Å². The van der Waals surface area contributed by atoms with Crippen molar-refractivity contribution in [3.05, 3.63) is 93.7 Å². The van der Waals surface area contributed by atoms with E-state index in [0.29, 0.717) is 6.61 Å². The molecular weight excluding hydrogens is 393 g/mol. The van der Waals surface area contributed by atoms with Crippen molar-refractivity contribution < 1.29 is 9.13 Å². The Kier molecular flexibility index (Phi) is 6.29. The zero-order chi connectivity index (χ0) is 18.4. The molecule has 0 fully saturated rings. The molecule has 0 saturated carbocycles. The van der Waals surface area contributed by atoms with Crippen molar-refractivity contribution in [2.24, 2.45) is 0 Å². The van der Waals surface area contributed by atoms with Gasteiger partial charge in [0.2, 0.25) is 0 Å². The highest BCUT2D eigenvalue weighted by molar-refractivity contribution is 9.10. The van der Waals surface area contributed by atoms with E-state index in [4.69, 9.17) is 4.74 Å². The van der Waals surface area contributed by atoms with Crippen LogP contribution in [0.2, 0.25) is 0 Å². The fourth-order valence-electron chi connectivity index (χ4n) is 2.62. The quantitative estimate of drug-likeness (QED) is 0.487. The summed E-state index contributed by atoms with van der Waals surface area (Å²) in [7, 11) is 0. The molecule has 3 aromatic rings. The lowest BCUT2D eigenvalue weighted by molar-refractivity contribution is 0.303. The Labute approximate surface area is 162 Å². The summed E-state index contributed by atoms with van der Waals surface area (Å²) in [6.45, 7) is 3.21. The highest BCUT2D eigenvalue weighted by Crippen LogP contribution is 2.27. The van der Waals surface area contributed by atoms with Crippen LogP contribution in [-0.4, -0.2) is 0 Å². The first-order chi connectivity index (χ1) is 12.6. The van der Waals surface area contributed by atoms with Gasteiger partial charge in [-0.2, -0.15) is 0 Å². The molecule has 0 atom stereocenters. The number of aryl methyl sites for hydroxylation is 1. The lowest BCUT2D eigenvalue weighted by Gasteiger charge is -2.11. The number of hydrogen-bond donors (Lipinski definition) is 1. The number of rotatable bonds is 7. The fourth-order valence-corrected chi connectivity index (χ4v) is 3.16. The monoisotopic (exact) mass is 413 g/mol. The van der Waals surface area contributed by atoms with Crippen molar-refractivity contribution in [1.29, 1.82) is 0 Å². The molecule has 26 heavy (non-hydrogen) atoms. The molecule has 3 rings (SSSR count). The molecule has 0 amide bonds. The molecule has 4 heteroatoms. The average Bonchev–Trinajstić information content (AvgIpc) is 2.66. The molecular formula is C22H21BrFNO. The van der Waals surface area contributed by atoms with Crippen molar-refractivity contribution in [3.63, 3.8) is 0 Å². The molecule has 0 unspecified atom stereocenters. The van der Waals surface area contributed by atoms with Crippen molar-refractivity contribution in [1.82, 2.24) is 0 Å². The SMILES string of the molecule is CCc1ccc(NCc2ccc(OCc3cccc(F)c3)c(Br)c2)cc1. The van der Waals surface area contributed by atoms with E-state index in [2.05, 4.69) is 52.4 Å². The maximum Gasteiger partial charge on any atom is 0.134 e. The summed E-state index contributed by atoms with van der Waals surface area (Å²) in [5, 5.41) is 3.42. The first kappa shape index (κ1) is 18.5. The number of nitrogens with one attached hydrogen (secondary N) is 1. The summed E-state index contributed by atoms with van der Waals surface area (Å²) in [5.41, 5.74) is 4.38. The number of hydrogen-bond acceptors (Lipinski definition) is 2. The van der Waals surface area contributed by atoms with Crippen LogP contribution in [0.15, 0.2) is 71.2 Å². The minimum absolute atomic E-state index is 0.251. The normalized spacial score (nSPS) is 10.6. The minimum atomic E-state index is -0.251. The third-order valence-corrected chi connectivity index (χ3v) is 4.76. The van der Waals surface area contributed by atoms with Gasteiger partial charge in [0.05, 0.1) is 4.47 Å². The van der Waals surface area contributed by atoms with Gasteiger partial charge in [0, 0.05) is 12.2 Å². The molecule has 0 radical (unpaired) electrons. The van der Waals surface area contributed by atoms with Gasteiger partial charge in [-0.15, -0.1) is 0 Å². The standard InChI is InChI=1S/C22H21BrFNO/c1-2-16-6-9-20(10-7-16)25-14-17-8-11-22(21(23)13-17)26-15-18-4-3-5-19(24)12-18/h3-13,25H,2,14-15H2,1H3. The van der Waals surface area contributed by atoms with Crippen molar-refractivity contribution >= 4 is 21.6 Å². The molecule has 0 bridgehead atoms. The van der Waals surface area contributed by atoms with E-state index in [1.807, 2.05) is 24.3 Å². The maximum absolute atomic E-state index is 13.2. The first-order valence-electron chi connectivity index (χ1n) is 8.62. The third-order valence-electron chi connectivity index (χ3n) is 4.14. The number of benzene rings is 3. The van der Waals surface area contributed by atoms with Crippen LogP contribution >= 0.6 is 15.9 Å². The van der Waals surface area contributed by atoms with E-state index in [-0.39, 0.29) is 5.82 Å². The molecule has 1 N–H and O–H groups in total. The smallest absolute Gasteiger partial charge is 0.134 e. The van der Waals surface area contributed by atoms with Gasteiger partial charge in [0.15, 0.2) is 0 Å². The second kappa shape index (κ2) is 8.86. The maximum atomic E-state index is 13.2. The van der Waals surface area contributed by atoms with Crippen molar-refractivity contribution in [2.75, 3.05) is 5.32 Å². The van der Waals surface area contributed by atoms with Gasteiger partial charge >= 0.3 is 0 Å². The number of halogens is 2. The predicted molar refractivity (Wildman–Crippen MR) is 108 cm³/mol. The van der Waals surface area contributed by atoms with E-state index >= 15 is 0 Å². The molecule has 0 aliphatic carbocycles. The first-order valence-corrected chi connectivity index (χ1v) is 9.42. The topological polar surface area (TPSA) is 21.3 Å². The molecule has 0 saturated heterocycles. The van der Waals surface area contributed by atoms with Crippen molar-refractivity contribution in [2.45, 2.75) is 26.5 Å². The van der Waals surface area contributed by atoms with E-state index in [0.717, 1.165) is 40.0 Å². The van der Waals surface area contributed by atoms with Gasteiger partial charge in [0.1, 0.15) is 18.2 Å². The fraction of sp³-hybridized carbons (Fsp3) is 0.182. The van der Waals surface area contributed by atoms with Crippen LogP contribution < -0.4 is 10.1 Å². The molecule has 0 aromatic heterocycles. The highest BCUT2D eigenvalue weighted by Gasteiger charge is 2.04. The Morgan fingerprint density at radius 1 is 0.923 bits per heavy atom. The number of anilines is 1. The Bertz CT molecular complexity index is 864. The summed E-state index contributed by atoms with van der Waals surface area (Å²) >= 11 is 3.55. The van der Waals surface area contributed by atoms with Crippen LogP contribution in [0.4, 0.5) is 10.1 Å². The van der Waals surface area contributed by atoms with Gasteiger partial charge in [-0.25, -0.2) is 4.39 Å². The van der Waals surface area contributed by atoms with Gasteiger partial charge in [-0.3, -0.25) is 0 Å². The lowest BCUT2D eigenvalue weighted by Crippen LogP contribution is -2.01. The molecule has 2 nitrogen and oxygen atoms in total. The average molecular weight is 414 g/mol. The Morgan fingerprint density at radius 2 is 1.69 bits per heavy atom. The van der Waals surface area contributed by atoms with Crippen molar-refractivity contribution in [3.8, 4) is 5.75 Å².